The third-order valence-corrected chi connectivity index (χ3v) is 6.76. The van der Waals surface area contributed by atoms with Gasteiger partial charge < -0.3 is 14.5 Å². The van der Waals surface area contributed by atoms with E-state index in [1.165, 1.54) is 11.1 Å². The number of carbonyl (C=O) groups excluding carboxylic acids is 1. The summed E-state index contributed by atoms with van der Waals surface area (Å²) in [5.41, 5.74) is 7.15. The lowest BCUT2D eigenvalue weighted by molar-refractivity contribution is -0.116. The summed E-state index contributed by atoms with van der Waals surface area (Å²) >= 11 is 0. The molecule has 4 aromatic rings. The Labute approximate surface area is 207 Å². The van der Waals surface area contributed by atoms with E-state index in [9.17, 15) is 4.79 Å². The lowest BCUT2D eigenvalue weighted by Crippen LogP contribution is -2.24. The molecule has 1 amide bonds. The normalized spacial score (nSPS) is 11.8. The summed E-state index contributed by atoms with van der Waals surface area (Å²) in [5, 5.41) is 4.14. The van der Waals surface area contributed by atoms with Crippen LogP contribution in [0.5, 0.6) is 5.75 Å². The smallest absolute Gasteiger partial charge is 0.244 e. The van der Waals surface area contributed by atoms with Gasteiger partial charge in [0.2, 0.25) is 5.91 Å². The van der Waals surface area contributed by atoms with E-state index < -0.39 is 0 Å². The van der Waals surface area contributed by atoms with Crippen molar-refractivity contribution in [2.45, 2.75) is 40.0 Å². The lowest BCUT2D eigenvalue weighted by Gasteiger charge is -2.18. The average molecular weight is 468 g/mol. The number of carbonyl (C=O) groups is 1. The highest BCUT2D eigenvalue weighted by molar-refractivity contribution is 5.98. The van der Waals surface area contributed by atoms with Crippen molar-refractivity contribution < 1.29 is 13.9 Å². The van der Waals surface area contributed by atoms with Crippen molar-refractivity contribution in [1.29, 1.82) is 0 Å². The van der Waals surface area contributed by atoms with Crippen LogP contribution in [0.3, 0.4) is 0 Å². The molecule has 4 heteroatoms. The van der Waals surface area contributed by atoms with Crippen molar-refractivity contribution in [1.82, 2.24) is 5.32 Å². The van der Waals surface area contributed by atoms with Crippen molar-refractivity contribution in [2.24, 2.45) is 0 Å². The standard InChI is InChI=1S/C31H33NO3/c1-20(27-19-28-21(2)23(4)35-31(28)22(3)30(27)34-5)18-29(33)32-17-16-26(24-12-8-6-9-13-24)25-14-10-7-11-15-25/h6-15,18-19,26H,16-17H2,1-5H3,(H,32,33)/b20-18+. The van der Waals surface area contributed by atoms with E-state index in [0.29, 0.717) is 6.54 Å². The van der Waals surface area contributed by atoms with Gasteiger partial charge in [-0.2, -0.15) is 0 Å². The van der Waals surface area contributed by atoms with Crippen LogP contribution in [0.1, 0.15) is 52.8 Å². The molecule has 1 heterocycles. The van der Waals surface area contributed by atoms with Gasteiger partial charge >= 0.3 is 0 Å². The fourth-order valence-electron chi connectivity index (χ4n) is 4.73. The maximum Gasteiger partial charge on any atom is 0.244 e. The second-order valence-corrected chi connectivity index (χ2v) is 9.02. The average Bonchev–Trinajstić information content (AvgIpc) is 3.16. The highest BCUT2D eigenvalue weighted by Gasteiger charge is 2.19. The maximum absolute atomic E-state index is 12.9. The molecule has 0 unspecified atom stereocenters. The van der Waals surface area contributed by atoms with Crippen LogP contribution in [0.2, 0.25) is 0 Å². The quantitative estimate of drug-likeness (QED) is 0.281. The summed E-state index contributed by atoms with van der Waals surface area (Å²) < 4.78 is 11.7. The fraction of sp³-hybridized carbons (Fsp3) is 0.258. The summed E-state index contributed by atoms with van der Waals surface area (Å²) in [6.07, 6.45) is 2.47. The molecule has 0 fully saturated rings. The molecule has 0 bridgehead atoms. The number of amides is 1. The Balaban J connectivity index is 1.52. The Bertz CT molecular complexity index is 1310. The highest BCUT2D eigenvalue weighted by atomic mass is 16.5. The molecule has 35 heavy (non-hydrogen) atoms. The fourth-order valence-corrected chi connectivity index (χ4v) is 4.73. The summed E-state index contributed by atoms with van der Waals surface area (Å²) in [7, 11) is 1.65. The molecule has 1 aromatic heterocycles. The monoisotopic (exact) mass is 467 g/mol. The van der Waals surface area contributed by atoms with Crippen LogP contribution in [-0.4, -0.2) is 19.6 Å². The molecule has 0 saturated heterocycles. The Morgan fingerprint density at radius 2 is 1.57 bits per heavy atom. The Hall–Kier alpha value is -3.79. The number of aryl methyl sites for hydroxylation is 3. The van der Waals surface area contributed by atoms with Crippen molar-refractivity contribution >= 4 is 22.4 Å². The SMILES string of the molecule is COc1c(/C(C)=C/C(=O)NCCC(c2ccccc2)c2ccccc2)cc2c(C)c(C)oc2c1C. The predicted octanol–water partition coefficient (Wildman–Crippen LogP) is 7.11. The Morgan fingerprint density at radius 1 is 0.971 bits per heavy atom. The van der Waals surface area contributed by atoms with Gasteiger partial charge in [0, 0.05) is 35.1 Å². The predicted molar refractivity (Wildman–Crippen MR) is 143 cm³/mol. The van der Waals surface area contributed by atoms with Gasteiger partial charge in [0.15, 0.2) is 0 Å². The van der Waals surface area contributed by atoms with Crippen LogP contribution in [0, 0.1) is 20.8 Å². The molecular formula is C31H33NO3. The number of nitrogens with one attached hydrogen (secondary N) is 1. The lowest BCUT2D eigenvalue weighted by atomic mass is 9.88. The number of hydrogen-bond donors (Lipinski definition) is 1. The number of allylic oxidation sites excluding steroid dienone is 1. The largest absolute Gasteiger partial charge is 0.496 e. The topological polar surface area (TPSA) is 51.5 Å². The number of rotatable bonds is 8. The molecule has 180 valence electrons. The second-order valence-electron chi connectivity index (χ2n) is 9.02. The second kappa shape index (κ2) is 10.6. The van der Waals surface area contributed by atoms with E-state index in [0.717, 1.165) is 51.2 Å². The first kappa shape index (κ1) is 24.3. The van der Waals surface area contributed by atoms with Crippen LogP contribution in [-0.2, 0) is 4.79 Å². The zero-order chi connectivity index (χ0) is 24.9. The molecule has 0 atom stereocenters. The molecule has 0 radical (unpaired) electrons. The summed E-state index contributed by atoms with van der Waals surface area (Å²) in [5.74, 6) is 1.75. The van der Waals surface area contributed by atoms with Crippen molar-refractivity contribution in [3.63, 3.8) is 0 Å². The van der Waals surface area contributed by atoms with Gasteiger partial charge in [0.05, 0.1) is 7.11 Å². The van der Waals surface area contributed by atoms with Gasteiger partial charge in [0.25, 0.3) is 0 Å². The molecule has 0 aliphatic carbocycles. The Morgan fingerprint density at radius 3 is 2.14 bits per heavy atom. The molecule has 4 nitrogen and oxygen atoms in total. The van der Waals surface area contributed by atoms with E-state index in [4.69, 9.17) is 9.15 Å². The first-order chi connectivity index (χ1) is 16.9. The zero-order valence-corrected chi connectivity index (χ0v) is 21.1. The molecule has 4 rings (SSSR count). The minimum absolute atomic E-state index is 0.109. The van der Waals surface area contributed by atoms with Gasteiger partial charge in [-0.05, 0) is 62.4 Å². The number of ether oxygens (including phenoxy) is 1. The first-order valence-electron chi connectivity index (χ1n) is 12.0. The van der Waals surface area contributed by atoms with Gasteiger partial charge in [-0.1, -0.05) is 60.7 Å². The third kappa shape index (κ3) is 5.17. The first-order valence-corrected chi connectivity index (χ1v) is 12.0. The number of furan rings is 1. The number of benzene rings is 3. The van der Waals surface area contributed by atoms with Gasteiger partial charge in [-0.15, -0.1) is 0 Å². The van der Waals surface area contributed by atoms with Crippen LogP contribution in [0.15, 0.2) is 77.2 Å². The van der Waals surface area contributed by atoms with E-state index in [1.807, 2.05) is 32.9 Å². The van der Waals surface area contributed by atoms with Crippen LogP contribution in [0.4, 0.5) is 0 Å². The van der Waals surface area contributed by atoms with Crippen molar-refractivity contribution in [3.8, 4) is 5.75 Å². The van der Waals surface area contributed by atoms with Crippen molar-refractivity contribution in [3.05, 3.63) is 106 Å². The minimum Gasteiger partial charge on any atom is -0.496 e. The Kier molecular flexibility index (Phi) is 7.40. The van der Waals surface area contributed by atoms with Crippen LogP contribution in [0.25, 0.3) is 16.5 Å². The van der Waals surface area contributed by atoms with Crippen LogP contribution < -0.4 is 10.1 Å². The van der Waals surface area contributed by atoms with Gasteiger partial charge in [0.1, 0.15) is 17.1 Å². The summed E-state index contributed by atoms with van der Waals surface area (Å²) in [6, 6.07) is 22.9. The number of methoxy groups -OCH3 is 1. The highest BCUT2D eigenvalue weighted by Crippen LogP contribution is 2.38. The summed E-state index contributed by atoms with van der Waals surface area (Å²) in [6.45, 7) is 8.54. The van der Waals surface area contributed by atoms with Gasteiger partial charge in [-0.25, -0.2) is 0 Å². The molecule has 0 aliphatic heterocycles. The van der Waals surface area contributed by atoms with Gasteiger partial charge in [-0.3, -0.25) is 4.79 Å². The van der Waals surface area contributed by atoms with Crippen LogP contribution >= 0.6 is 0 Å². The van der Waals surface area contributed by atoms with E-state index >= 15 is 0 Å². The van der Waals surface area contributed by atoms with Crippen molar-refractivity contribution in [2.75, 3.05) is 13.7 Å². The number of hydrogen-bond acceptors (Lipinski definition) is 3. The molecule has 0 saturated carbocycles. The number of fused-ring (bicyclic) bond motifs is 1. The molecule has 3 aromatic carbocycles. The molecule has 0 aliphatic rings. The van der Waals surface area contributed by atoms with E-state index in [1.54, 1.807) is 13.2 Å². The third-order valence-electron chi connectivity index (χ3n) is 6.76. The molecular weight excluding hydrogens is 434 g/mol. The summed E-state index contributed by atoms with van der Waals surface area (Å²) in [4.78, 5) is 12.9. The van der Waals surface area contributed by atoms with E-state index in [2.05, 4.69) is 66.8 Å². The molecule has 1 N–H and O–H groups in total. The maximum atomic E-state index is 12.9. The minimum atomic E-state index is -0.109. The molecule has 0 spiro atoms. The zero-order valence-electron chi connectivity index (χ0n) is 21.1. The van der Waals surface area contributed by atoms with E-state index in [-0.39, 0.29) is 11.8 Å².